The molecule has 6 heteroatoms. The number of carbonyl (C=O) groups excluding carboxylic acids is 2. The summed E-state index contributed by atoms with van der Waals surface area (Å²) in [5.74, 6) is 1.11. The molecular formula is C24H28N2O4. The summed E-state index contributed by atoms with van der Waals surface area (Å²) >= 11 is 0. The number of hydrogen-bond acceptors (Lipinski definition) is 4. The van der Waals surface area contributed by atoms with E-state index in [-0.39, 0.29) is 24.2 Å². The fourth-order valence-corrected chi connectivity index (χ4v) is 4.20. The Hall–Kier alpha value is -3.02. The minimum Gasteiger partial charge on any atom is -0.486 e. The third-order valence-electron chi connectivity index (χ3n) is 6.04. The topological polar surface area (TPSA) is 59.1 Å². The number of rotatable bonds is 5. The minimum atomic E-state index is -0.339. The average molecular weight is 408 g/mol. The van der Waals surface area contributed by atoms with Gasteiger partial charge >= 0.3 is 0 Å². The van der Waals surface area contributed by atoms with Crippen molar-refractivity contribution in [3.8, 4) is 11.5 Å². The molecule has 2 aromatic carbocycles. The fourth-order valence-electron chi connectivity index (χ4n) is 4.20. The molecule has 0 bridgehead atoms. The number of nitrogens with zero attached hydrogens (tertiary/aromatic N) is 2. The lowest BCUT2D eigenvalue weighted by Gasteiger charge is -2.27. The van der Waals surface area contributed by atoms with Crippen molar-refractivity contribution in [2.75, 3.05) is 31.2 Å². The number of benzene rings is 2. The number of amides is 2. The zero-order valence-corrected chi connectivity index (χ0v) is 17.8. The Balaban J connectivity index is 1.51. The molecule has 0 saturated carbocycles. The van der Waals surface area contributed by atoms with E-state index in [1.165, 1.54) is 0 Å². The number of ether oxygens (including phenoxy) is 2. The molecule has 0 spiro atoms. The van der Waals surface area contributed by atoms with Crippen LogP contribution in [0.1, 0.15) is 30.0 Å². The van der Waals surface area contributed by atoms with Crippen LogP contribution in [-0.4, -0.2) is 43.0 Å². The van der Waals surface area contributed by atoms with Gasteiger partial charge in [-0.2, -0.15) is 0 Å². The highest BCUT2D eigenvalue weighted by molar-refractivity contribution is 6.01. The Morgan fingerprint density at radius 2 is 1.90 bits per heavy atom. The Labute approximate surface area is 177 Å². The normalized spacial score (nSPS) is 17.9. The summed E-state index contributed by atoms with van der Waals surface area (Å²) < 4.78 is 11.5. The van der Waals surface area contributed by atoms with Crippen LogP contribution in [0.4, 0.5) is 5.69 Å². The van der Waals surface area contributed by atoms with Crippen LogP contribution < -0.4 is 14.4 Å². The van der Waals surface area contributed by atoms with Gasteiger partial charge in [-0.15, -0.1) is 0 Å². The number of anilines is 1. The van der Waals surface area contributed by atoms with Crippen LogP contribution in [0, 0.1) is 19.8 Å². The lowest BCUT2D eigenvalue weighted by molar-refractivity contribution is -0.136. The largest absolute Gasteiger partial charge is 0.486 e. The Bertz CT molecular complexity index is 972. The molecule has 0 N–H and O–H groups in total. The molecule has 2 aliphatic heterocycles. The first-order valence-corrected chi connectivity index (χ1v) is 10.5. The fraction of sp³-hybridized carbons (Fsp3) is 0.417. The van der Waals surface area contributed by atoms with Gasteiger partial charge in [0.1, 0.15) is 13.2 Å². The second kappa shape index (κ2) is 8.38. The van der Waals surface area contributed by atoms with Crippen LogP contribution >= 0.6 is 0 Å². The van der Waals surface area contributed by atoms with Crippen molar-refractivity contribution in [1.29, 1.82) is 0 Å². The molecule has 1 fully saturated rings. The number of para-hydroxylation sites is 1. The maximum atomic E-state index is 13.3. The monoisotopic (exact) mass is 408 g/mol. The summed E-state index contributed by atoms with van der Waals surface area (Å²) in [5, 5.41) is 0. The third kappa shape index (κ3) is 3.74. The highest BCUT2D eigenvalue weighted by atomic mass is 16.6. The van der Waals surface area contributed by atoms with E-state index in [1.54, 1.807) is 9.80 Å². The highest BCUT2D eigenvalue weighted by Crippen LogP contribution is 2.35. The molecule has 30 heavy (non-hydrogen) atoms. The van der Waals surface area contributed by atoms with E-state index in [2.05, 4.69) is 0 Å². The van der Waals surface area contributed by atoms with Gasteiger partial charge in [0.2, 0.25) is 11.8 Å². The van der Waals surface area contributed by atoms with Gasteiger partial charge in [-0.1, -0.05) is 24.3 Å². The SMILES string of the molecule is CCN(Cc1cccc2c1OCCO2)C(=O)C1CC(=O)N(c2cccc(C)c2C)C1. The highest BCUT2D eigenvalue weighted by Gasteiger charge is 2.37. The molecule has 1 unspecified atom stereocenters. The maximum Gasteiger partial charge on any atom is 0.228 e. The lowest BCUT2D eigenvalue weighted by Crippen LogP contribution is -2.37. The van der Waals surface area contributed by atoms with Crippen molar-refractivity contribution in [3.63, 3.8) is 0 Å². The predicted octanol–water partition coefficient (Wildman–Crippen LogP) is 3.48. The zero-order chi connectivity index (χ0) is 21.3. The summed E-state index contributed by atoms with van der Waals surface area (Å²) in [6, 6.07) is 11.7. The van der Waals surface area contributed by atoms with Crippen LogP contribution in [0.3, 0.4) is 0 Å². The third-order valence-corrected chi connectivity index (χ3v) is 6.04. The lowest BCUT2D eigenvalue weighted by atomic mass is 10.1. The Morgan fingerprint density at radius 1 is 1.13 bits per heavy atom. The first-order chi connectivity index (χ1) is 14.5. The molecule has 0 aromatic heterocycles. The van der Waals surface area contributed by atoms with Crippen molar-refractivity contribution in [2.24, 2.45) is 5.92 Å². The minimum absolute atomic E-state index is 0.00641. The number of hydrogen-bond donors (Lipinski definition) is 0. The Kier molecular flexibility index (Phi) is 5.66. The van der Waals surface area contributed by atoms with Crippen molar-refractivity contribution in [2.45, 2.75) is 33.7 Å². The van der Waals surface area contributed by atoms with Crippen LogP contribution in [0.15, 0.2) is 36.4 Å². The van der Waals surface area contributed by atoms with Gasteiger partial charge in [-0.05, 0) is 44.0 Å². The molecule has 0 aliphatic carbocycles. The summed E-state index contributed by atoms with van der Waals surface area (Å²) in [6.07, 6.45) is 0.245. The van der Waals surface area contributed by atoms with E-state index >= 15 is 0 Å². The molecule has 0 radical (unpaired) electrons. The zero-order valence-electron chi connectivity index (χ0n) is 17.8. The second-order valence-electron chi connectivity index (χ2n) is 7.92. The average Bonchev–Trinajstić information content (AvgIpc) is 3.15. The van der Waals surface area contributed by atoms with Gasteiger partial charge < -0.3 is 19.3 Å². The van der Waals surface area contributed by atoms with Crippen molar-refractivity contribution < 1.29 is 19.1 Å². The smallest absolute Gasteiger partial charge is 0.228 e. The van der Waals surface area contributed by atoms with Crippen molar-refractivity contribution in [3.05, 3.63) is 53.1 Å². The van der Waals surface area contributed by atoms with Crippen molar-refractivity contribution in [1.82, 2.24) is 4.90 Å². The number of aryl methyl sites for hydroxylation is 1. The van der Waals surface area contributed by atoms with Gasteiger partial charge in [-0.25, -0.2) is 0 Å². The van der Waals surface area contributed by atoms with Crippen LogP contribution in [0.5, 0.6) is 11.5 Å². The van der Waals surface area contributed by atoms with E-state index in [0.717, 1.165) is 33.9 Å². The predicted molar refractivity (Wildman–Crippen MR) is 115 cm³/mol. The summed E-state index contributed by atoms with van der Waals surface area (Å²) in [6.45, 7) is 8.49. The van der Waals surface area contributed by atoms with Crippen LogP contribution in [0.25, 0.3) is 0 Å². The molecule has 1 atom stereocenters. The summed E-state index contributed by atoms with van der Waals surface area (Å²) in [4.78, 5) is 29.6. The first-order valence-electron chi connectivity index (χ1n) is 10.5. The van der Waals surface area contributed by atoms with Crippen LogP contribution in [-0.2, 0) is 16.1 Å². The molecule has 4 rings (SSSR count). The quantitative estimate of drug-likeness (QED) is 0.760. The van der Waals surface area contributed by atoms with E-state index < -0.39 is 0 Å². The molecule has 158 valence electrons. The van der Waals surface area contributed by atoms with Crippen LogP contribution in [0.2, 0.25) is 0 Å². The van der Waals surface area contributed by atoms with Gasteiger partial charge in [0, 0.05) is 37.3 Å². The first kappa shape index (κ1) is 20.3. The van der Waals surface area contributed by atoms with E-state index in [0.29, 0.717) is 32.8 Å². The summed E-state index contributed by atoms with van der Waals surface area (Å²) in [5.41, 5.74) is 4.06. The second-order valence-corrected chi connectivity index (χ2v) is 7.92. The van der Waals surface area contributed by atoms with E-state index in [4.69, 9.17) is 9.47 Å². The molecule has 2 heterocycles. The number of fused-ring (bicyclic) bond motifs is 1. The van der Waals surface area contributed by atoms with E-state index in [9.17, 15) is 9.59 Å². The van der Waals surface area contributed by atoms with Gasteiger partial charge in [-0.3, -0.25) is 9.59 Å². The van der Waals surface area contributed by atoms with E-state index in [1.807, 2.05) is 57.2 Å². The molecule has 2 amide bonds. The molecule has 2 aromatic rings. The number of carbonyl (C=O) groups is 2. The summed E-state index contributed by atoms with van der Waals surface area (Å²) in [7, 11) is 0. The molecular weight excluding hydrogens is 380 g/mol. The maximum absolute atomic E-state index is 13.3. The molecule has 1 saturated heterocycles. The Morgan fingerprint density at radius 3 is 2.70 bits per heavy atom. The van der Waals surface area contributed by atoms with Crippen molar-refractivity contribution >= 4 is 17.5 Å². The standard InChI is InChI=1S/C24H28N2O4/c1-4-25(14-18-8-6-10-21-23(18)30-12-11-29-21)24(28)19-13-22(27)26(15-19)20-9-5-7-16(2)17(20)3/h5-10,19H,4,11-15H2,1-3H3. The molecule has 2 aliphatic rings. The van der Waals surface area contributed by atoms with Gasteiger partial charge in [0.15, 0.2) is 11.5 Å². The van der Waals surface area contributed by atoms with Gasteiger partial charge in [0.25, 0.3) is 0 Å². The molecule has 6 nitrogen and oxygen atoms in total. The van der Waals surface area contributed by atoms with Gasteiger partial charge in [0.05, 0.1) is 5.92 Å².